The molecule has 1 N–H and O–H groups in total. The average Bonchev–Trinajstić information content (AvgIpc) is 2.65. The second-order valence-electron chi connectivity index (χ2n) is 5.50. The monoisotopic (exact) mass is 430 g/mol. The van der Waals surface area contributed by atoms with Crippen LogP contribution >= 0.6 is 23.2 Å². The Morgan fingerprint density at radius 3 is 2.30 bits per heavy atom. The third-order valence-corrected chi connectivity index (χ3v) is 6.65. The topological polar surface area (TPSA) is 75.7 Å². The standard InChI is InChI=1S/C18H20Cl2N2O4S/c1-3-22(4-2)27(24,25)14-10-8-13(9-11-14)26-12-17(23)21-16-7-5-6-15(19)18(16)20/h5-11H,3-4,12H2,1-2H3,(H,21,23). The first-order chi connectivity index (χ1) is 12.8. The van der Waals surface area contributed by atoms with Crippen molar-refractivity contribution < 1.29 is 17.9 Å². The molecular weight excluding hydrogens is 411 g/mol. The van der Waals surface area contributed by atoms with Gasteiger partial charge in [0.2, 0.25) is 10.0 Å². The Balaban J connectivity index is 1.99. The molecule has 9 heteroatoms. The number of ether oxygens (including phenoxy) is 1. The van der Waals surface area contributed by atoms with E-state index in [1.807, 2.05) is 0 Å². The highest BCUT2D eigenvalue weighted by Gasteiger charge is 2.21. The molecule has 6 nitrogen and oxygen atoms in total. The van der Waals surface area contributed by atoms with Crippen LogP contribution in [0.3, 0.4) is 0 Å². The number of halogens is 2. The van der Waals surface area contributed by atoms with Crippen LogP contribution in [0.2, 0.25) is 10.0 Å². The fraction of sp³-hybridized carbons (Fsp3) is 0.278. The molecule has 0 saturated heterocycles. The predicted molar refractivity (Wildman–Crippen MR) is 107 cm³/mol. The number of benzene rings is 2. The van der Waals surface area contributed by atoms with Gasteiger partial charge in [0.1, 0.15) is 5.75 Å². The molecule has 2 aromatic rings. The first kappa shape index (κ1) is 21.5. The van der Waals surface area contributed by atoms with Crippen LogP contribution < -0.4 is 10.1 Å². The van der Waals surface area contributed by atoms with Crippen LogP contribution in [0, 0.1) is 0 Å². The van der Waals surface area contributed by atoms with Gasteiger partial charge in [-0.25, -0.2) is 8.42 Å². The van der Waals surface area contributed by atoms with Gasteiger partial charge in [-0.15, -0.1) is 0 Å². The quantitative estimate of drug-likeness (QED) is 0.685. The molecule has 0 aliphatic rings. The van der Waals surface area contributed by atoms with Gasteiger partial charge in [-0.05, 0) is 36.4 Å². The number of anilines is 1. The second-order valence-corrected chi connectivity index (χ2v) is 8.22. The number of sulfonamides is 1. The molecule has 2 rings (SSSR count). The van der Waals surface area contributed by atoms with E-state index in [1.165, 1.54) is 28.6 Å². The minimum atomic E-state index is -3.53. The van der Waals surface area contributed by atoms with Gasteiger partial charge in [-0.3, -0.25) is 4.79 Å². The summed E-state index contributed by atoms with van der Waals surface area (Å²) < 4.78 is 31.6. The van der Waals surface area contributed by atoms with Gasteiger partial charge in [-0.1, -0.05) is 43.1 Å². The van der Waals surface area contributed by atoms with Crippen LogP contribution in [-0.4, -0.2) is 38.3 Å². The highest BCUT2D eigenvalue weighted by atomic mass is 35.5. The van der Waals surface area contributed by atoms with E-state index in [2.05, 4.69) is 5.32 Å². The third kappa shape index (κ3) is 5.35. The molecule has 0 atom stereocenters. The van der Waals surface area contributed by atoms with Crippen LogP contribution in [0.25, 0.3) is 0 Å². The lowest BCUT2D eigenvalue weighted by Gasteiger charge is -2.18. The number of hydrogen-bond donors (Lipinski definition) is 1. The summed E-state index contributed by atoms with van der Waals surface area (Å²) in [7, 11) is -3.53. The largest absolute Gasteiger partial charge is 0.484 e. The van der Waals surface area contributed by atoms with Gasteiger partial charge >= 0.3 is 0 Å². The minimum absolute atomic E-state index is 0.175. The Kier molecular flexibility index (Phi) is 7.49. The van der Waals surface area contributed by atoms with Crippen molar-refractivity contribution in [2.45, 2.75) is 18.7 Å². The number of nitrogens with one attached hydrogen (secondary N) is 1. The van der Waals surface area contributed by atoms with E-state index in [0.29, 0.717) is 29.5 Å². The number of amides is 1. The summed E-state index contributed by atoms with van der Waals surface area (Å²) in [6, 6.07) is 10.8. The molecule has 0 aliphatic heterocycles. The zero-order chi connectivity index (χ0) is 20.0. The molecule has 0 spiro atoms. The van der Waals surface area contributed by atoms with E-state index in [-0.39, 0.29) is 16.5 Å². The maximum Gasteiger partial charge on any atom is 0.262 e. The van der Waals surface area contributed by atoms with Gasteiger partial charge in [0, 0.05) is 13.1 Å². The van der Waals surface area contributed by atoms with Crippen molar-refractivity contribution in [2.75, 3.05) is 25.0 Å². The molecule has 0 radical (unpaired) electrons. The average molecular weight is 431 g/mol. The van der Waals surface area contributed by atoms with Crippen molar-refractivity contribution in [3.8, 4) is 5.75 Å². The molecule has 0 heterocycles. The molecule has 0 aliphatic carbocycles. The van der Waals surface area contributed by atoms with E-state index >= 15 is 0 Å². The fourth-order valence-corrected chi connectivity index (χ4v) is 4.16. The molecule has 146 valence electrons. The van der Waals surface area contributed by atoms with E-state index in [4.69, 9.17) is 27.9 Å². The summed E-state index contributed by atoms with van der Waals surface area (Å²) in [5, 5.41) is 3.19. The summed E-state index contributed by atoms with van der Waals surface area (Å²) in [5.41, 5.74) is 0.387. The molecule has 1 amide bonds. The summed E-state index contributed by atoms with van der Waals surface area (Å²) in [5.74, 6) is -0.0418. The lowest BCUT2D eigenvalue weighted by atomic mass is 10.3. The van der Waals surface area contributed by atoms with Crippen molar-refractivity contribution in [1.29, 1.82) is 0 Å². The number of nitrogens with zero attached hydrogens (tertiary/aromatic N) is 1. The van der Waals surface area contributed by atoms with Gasteiger partial charge in [0.25, 0.3) is 5.91 Å². The molecular formula is C18H20Cl2N2O4S. The Morgan fingerprint density at radius 2 is 1.70 bits per heavy atom. The lowest BCUT2D eigenvalue weighted by molar-refractivity contribution is -0.118. The predicted octanol–water partition coefficient (Wildman–Crippen LogP) is 4.04. The zero-order valence-electron chi connectivity index (χ0n) is 14.9. The van der Waals surface area contributed by atoms with Gasteiger partial charge in [-0.2, -0.15) is 4.31 Å². The Bertz CT molecular complexity index is 898. The van der Waals surface area contributed by atoms with Crippen LogP contribution in [0.1, 0.15) is 13.8 Å². The lowest BCUT2D eigenvalue weighted by Crippen LogP contribution is -2.30. The molecule has 0 saturated carbocycles. The first-order valence-electron chi connectivity index (χ1n) is 8.26. The smallest absolute Gasteiger partial charge is 0.262 e. The third-order valence-electron chi connectivity index (χ3n) is 3.76. The Morgan fingerprint density at radius 1 is 1.07 bits per heavy atom. The van der Waals surface area contributed by atoms with Gasteiger partial charge < -0.3 is 10.1 Å². The maximum atomic E-state index is 12.4. The van der Waals surface area contributed by atoms with Crippen LogP contribution in [-0.2, 0) is 14.8 Å². The van der Waals surface area contributed by atoms with Crippen molar-refractivity contribution >= 4 is 44.8 Å². The molecule has 0 unspecified atom stereocenters. The van der Waals surface area contributed by atoms with Gasteiger partial charge in [0.15, 0.2) is 6.61 Å². The molecule has 0 fully saturated rings. The van der Waals surface area contributed by atoms with Gasteiger partial charge in [0.05, 0.1) is 20.6 Å². The van der Waals surface area contributed by atoms with E-state index in [0.717, 1.165) is 0 Å². The summed E-state index contributed by atoms with van der Waals surface area (Å²) in [6.45, 7) is 4.09. The Hall–Kier alpha value is -1.80. The highest BCUT2D eigenvalue weighted by molar-refractivity contribution is 7.89. The van der Waals surface area contributed by atoms with Crippen LogP contribution in [0.4, 0.5) is 5.69 Å². The van der Waals surface area contributed by atoms with Crippen LogP contribution in [0.5, 0.6) is 5.75 Å². The van der Waals surface area contributed by atoms with E-state index < -0.39 is 15.9 Å². The van der Waals surface area contributed by atoms with E-state index in [9.17, 15) is 13.2 Å². The summed E-state index contributed by atoms with van der Waals surface area (Å²) >= 11 is 11.9. The van der Waals surface area contributed by atoms with Crippen molar-refractivity contribution in [1.82, 2.24) is 4.31 Å². The molecule has 27 heavy (non-hydrogen) atoms. The number of rotatable bonds is 8. The molecule has 2 aromatic carbocycles. The zero-order valence-corrected chi connectivity index (χ0v) is 17.2. The minimum Gasteiger partial charge on any atom is -0.484 e. The second kappa shape index (κ2) is 9.41. The maximum absolute atomic E-state index is 12.4. The Labute approximate surface area is 169 Å². The summed E-state index contributed by atoms with van der Waals surface area (Å²) in [6.07, 6.45) is 0. The number of carbonyl (C=O) groups excluding carboxylic acids is 1. The first-order valence-corrected chi connectivity index (χ1v) is 10.5. The van der Waals surface area contributed by atoms with Crippen molar-refractivity contribution in [3.05, 3.63) is 52.5 Å². The van der Waals surface area contributed by atoms with E-state index in [1.54, 1.807) is 32.0 Å². The number of hydrogen-bond acceptors (Lipinski definition) is 4. The summed E-state index contributed by atoms with van der Waals surface area (Å²) in [4.78, 5) is 12.2. The SMILES string of the molecule is CCN(CC)S(=O)(=O)c1ccc(OCC(=O)Nc2cccc(Cl)c2Cl)cc1. The molecule has 0 aromatic heterocycles. The van der Waals surface area contributed by atoms with Crippen molar-refractivity contribution in [2.24, 2.45) is 0 Å². The fourth-order valence-electron chi connectivity index (χ4n) is 2.36. The van der Waals surface area contributed by atoms with Crippen molar-refractivity contribution in [3.63, 3.8) is 0 Å². The van der Waals surface area contributed by atoms with Crippen LogP contribution in [0.15, 0.2) is 47.4 Å². The number of carbonyl (C=O) groups is 1. The molecule has 0 bridgehead atoms. The highest BCUT2D eigenvalue weighted by Crippen LogP contribution is 2.29. The normalized spacial score (nSPS) is 11.4.